The minimum Gasteiger partial charge on any atom is -0.487 e. The van der Waals surface area contributed by atoms with Gasteiger partial charge in [-0.15, -0.1) is 0 Å². The zero-order chi connectivity index (χ0) is 22.2. The lowest BCUT2D eigenvalue weighted by molar-refractivity contribution is -0.127. The van der Waals surface area contributed by atoms with Gasteiger partial charge in [0.2, 0.25) is 15.9 Å². The van der Waals surface area contributed by atoms with Gasteiger partial charge < -0.3 is 10.1 Å². The highest BCUT2D eigenvalue weighted by Crippen LogP contribution is 2.39. The summed E-state index contributed by atoms with van der Waals surface area (Å²) in [6, 6.07) is 14.6. The molecule has 166 valence electrons. The zero-order valence-electron chi connectivity index (χ0n) is 18.3. The van der Waals surface area contributed by atoms with E-state index in [1.807, 2.05) is 45.0 Å². The van der Waals surface area contributed by atoms with Gasteiger partial charge in [0.05, 0.1) is 10.9 Å². The second-order valence-electron chi connectivity index (χ2n) is 9.16. The summed E-state index contributed by atoms with van der Waals surface area (Å²) >= 11 is 0. The Kier molecular flexibility index (Phi) is 5.83. The minimum absolute atomic E-state index is 0.00936. The number of carbonyl (C=O) groups excluding carboxylic acids is 1. The van der Waals surface area contributed by atoms with E-state index in [-0.39, 0.29) is 23.5 Å². The Morgan fingerprint density at radius 3 is 2.39 bits per heavy atom. The monoisotopic (exact) mass is 442 g/mol. The number of aryl methyl sites for hydroxylation is 1. The Bertz CT molecular complexity index is 1060. The quantitative estimate of drug-likeness (QED) is 0.781. The molecule has 1 N–H and O–H groups in total. The normalized spacial score (nSPS) is 21.7. The second kappa shape index (κ2) is 8.28. The molecule has 1 fully saturated rings. The number of benzene rings is 2. The molecular formula is C24H30N2O4S. The van der Waals surface area contributed by atoms with E-state index in [9.17, 15) is 13.2 Å². The van der Waals surface area contributed by atoms with Crippen molar-refractivity contribution in [1.82, 2.24) is 9.62 Å². The Hall–Kier alpha value is -2.38. The van der Waals surface area contributed by atoms with Crippen molar-refractivity contribution in [3.63, 3.8) is 0 Å². The summed E-state index contributed by atoms with van der Waals surface area (Å²) in [6.07, 6.45) is 1.73. The van der Waals surface area contributed by atoms with E-state index in [4.69, 9.17) is 4.74 Å². The van der Waals surface area contributed by atoms with E-state index < -0.39 is 10.0 Å². The standard InChI is InChI=1S/C24H30N2O4S/c1-17-8-10-19(11-9-17)31(28,29)26-14-12-18(13-15-26)23(27)25-21-16-24(2,3)30-22-7-5-4-6-20(21)22/h4-11,18,21H,12-16H2,1-3H3,(H,25,27)/t21-/m0/s1. The molecule has 0 radical (unpaired) electrons. The number of hydrogen-bond donors (Lipinski definition) is 1. The molecule has 0 spiro atoms. The van der Waals surface area contributed by atoms with Crippen molar-refractivity contribution in [3.05, 3.63) is 59.7 Å². The first-order chi connectivity index (χ1) is 14.7. The summed E-state index contributed by atoms with van der Waals surface area (Å²) < 4.78 is 33.4. The van der Waals surface area contributed by atoms with Gasteiger partial charge >= 0.3 is 0 Å². The fourth-order valence-corrected chi connectivity index (χ4v) is 5.91. The Morgan fingerprint density at radius 1 is 1.06 bits per heavy atom. The van der Waals surface area contributed by atoms with Crippen molar-refractivity contribution in [2.75, 3.05) is 13.1 Å². The van der Waals surface area contributed by atoms with Crippen LogP contribution >= 0.6 is 0 Å². The third kappa shape index (κ3) is 4.62. The topological polar surface area (TPSA) is 75.7 Å². The minimum atomic E-state index is -3.53. The summed E-state index contributed by atoms with van der Waals surface area (Å²) in [5, 5.41) is 3.20. The first-order valence-corrected chi connectivity index (χ1v) is 12.2. The molecule has 1 amide bonds. The molecule has 2 aliphatic rings. The van der Waals surface area contributed by atoms with Crippen LogP contribution in [0.15, 0.2) is 53.4 Å². The number of rotatable bonds is 4. The Morgan fingerprint density at radius 2 is 1.71 bits per heavy atom. The van der Waals surface area contributed by atoms with Gasteiger partial charge in [0, 0.05) is 31.0 Å². The molecule has 1 atom stereocenters. The molecule has 0 bridgehead atoms. The van der Waals surface area contributed by atoms with Crippen LogP contribution in [0.3, 0.4) is 0 Å². The molecule has 4 rings (SSSR count). The highest BCUT2D eigenvalue weighted by atomic mass is 32.2. The van der Waals surface area contributed by atoms with Crippen LogP contribution in [0.1, 0.15) is 50.3 Å². The van der Waals surface area contributed by atoms with Gasteiger partial charge in [-0.2, -0.15) is 4.31 Å². The third-order valence-electron chi connectivity index (χ3n) is 6.18. The van der Waals surface area contributed by atoms with E-state index in [1.54, 1.807) is 24.3 Å². The molecular weight excluding hydrogens is 412 g/mol. The van der Waals surface area contributed by atoms with Crippen LogP contribution < -0.4 is 10.1 Å². The van der Waals surface area contributed by atoms with Gasteiger partial charge in [-0.25, -0.2) is 8.42 Å². The van der Waals surface area contributed by atoms with Crippen LogP contribution in [0.25, 0.3) is 0 Å². The van der Waals surface area contributed by atoms with Gasteiger partial charge in [-0.3, -0.25) is 4.79 Å². The average Bonchev–Trinajstić information content (AvgIpc) is 2.73. The van der Waals surface area contributed by atoms with Crippen molar-refractivity contribution < 1.29 is 17.9 Å². The fourth-order valence-electron chi connectivity index (χ4n) is 4.44. The van der Waals surface area contributed by atoms with Crippen LogP contribution in [0, 0.1) is 12.8 Å². The van der Waals surface area contributed by atoms with Crippen molar-refractivity contribution >= 4 is 15.9 Å². The van der Waals surface area contributed by atoms with Crippen LogP contribution in [0.2, 0.25) is 0 Å². The Labute approximate surface area is 184 Å². The fraction of sp³-hybridized carbons (Fsp3) is 0.458. The van der Waals surface area contributed by atoms with E-state index in [2.05, 4.69) is 5.32 Å². The maximum Gasteiger partial charge on any atom is 0.243 e. The van der Waals surface area contributed by atoms with Gasteiger partial charge in [0.1, 0.15) is 11.4 Å². The highest BCUT2D eigenvalue weighted by molar-refractivity contribution is 7.89. The molecule has 7 heteroatoms. The predicted molar refractivity (Wildman–Crippen MR) is 119 cm³/mol. The molecule has 0 aromatic heterocycles. The number of para-hydroxylation sites is 1. The number of ether oxygens (including phenoxy) is 1. The number of fused-ring (bicyclic) bond motifs is 1. The molecule has 0 unspecified atom stereocenters. The van der Waals surface area contributed by atoms with Crippen LogP contribution in [-0.4, -0.2) is 37.3 Å². The van der Waals surface area contributed by atoms with Crippen LogP contribution in [0.5, 0.6) is 5.75 Å². The van der Waals surface area contributed by atoms with Crippen LogP contribution in [-0.2, 0) is 14.8 Å². The largest absolute Gasteiger partial charge is 0.487 e. The molecule has 2 heterocycles. The molecule has 6 nitrogen and oxygen atoms in total. The van der Waals surface area contributed by atoms with E-state index >= 15 is 0 Å². The average molecular weight is 443 g/mol. The predicted octanol–water partition coefficient (Wildman–Crippen LogP) is 3.81. The number of sulfonamides is 1. The summed E-state index contributed by atoms with van der Waals surface area (Å²) in [5.41, 5.74) is 1.65. The Balaban J connectivity index is 1.40. The number of nitrogens with zero attached hydrogens (tertiary/aromatic N) is 1. The summed E-state index contributed by atoms with van der Waals surface area (Å²) in [4.78, 5) is 13.3. The smallest absolute Gasteiger partial charge is 0.243 e. The van der Waals surface area contributed by atoms with E-state index in [1.165, 1.54) is 4.31 Å². The molecule has 2 aliphatic heterocycles. The molecule has 31 heavy (non-hydrogen) atoms. The zero-order valence-corrected chi connectivity index (χ0v) is 19.1. The van der Waals surface area contributed by atoms with Crippen molar-refractivity contribution in [1.29, 1.82) is 0 Å². The number of piperidine rings is 1. The van der Waals surface area contributed by atoms with E-state index in [0.29, 0.717) is 37.2 Å². The van der Waals surface area contributed by atoms with Gasteiger partial charge in [-0.05, 0) is 51.8 Å². The maximum atomic E-state index is 13.0. The molecule has 2 aromatic carbocycles. The van der Waals surface area contributed by atoms with Crippen molar-refractivity contribution in [2.45, 2.75) is 56.6 Å². The summed E-state index contributed by atoms with van der Waals surface area (Å²) in [7, 11) is -3.53. The second-order valence-corrected chi connectivity index (χ2v) is 11.1. The molecule has 0 saturated carbocycles. The van der Waals surface area contributed by atoms with Crippen molar-refractivity contribution in [2.24, 2.45) is 5.92 Å². The lowest BCUT2D eigenvalue weighted by Crippen LogP contribution is -2.46. The summed E-state index contributed by atoms with van der Waals surface area (Å²) in [5.74, 6) is 0.607. The summed E-state index contributed by atoms with van der Waals surface area (Å²) in [6.45, 7) is 6.68. The number of nitrogens with one attached hydrogen (secondary N) is 1. The number of amides is 1. The van der Waals surface area contributed by atoms with Gasteiger partial charge in [0.15, 0.2) is 0 Å². The lowest BCUT2D eigenvalue weighted by atomic mass is 9.88. The first kappa shape index (κ1) is 21.8. The van der Waals surface area contributed by atoms with Gasteiger partial charge in [0.25, 0.3) is 0 Å². The molecule has 0 aliphatic carbocycles. The van der Waals surface area contributed by atoms with Gasteiger partial charge in [-0.1, -0.05) is 35.9 Å². The molecule has 2 aromatic rings. The van der Waals surface area contributed by atoms with Crippen LogP contribution in [0.4, 0.5) is 0 Å². The third-order valence-corrected chi connectivity index (χ3v) is 8.09. The maximum absolute atomic E-state index is 13.0. The number of hydrogen-bond acceptors (Lipinski definition) is 4. The number of carbonyl (C=O) groups is 1. The highest BCUT2D eigenvalue weighted by Gasteiger charge is 2.37. The van der Waals surface area contributed by atoms with E-state index in [0.717, 1.165) is 16.9 Å². The SMILES string of the molecule is Cc1ccc(S(=O)(=O)N2CCC(C(=O)N[C@H]3CC(C)(C)Oc4ccccc43)CC2)cc1. The lowest BCUT2D eigenvalue weighted by Gasteiger charge is -2.39. The van der Waals surface area contributed by atoms with Crippen molar-refractivity contribution in [3.8, 4) is 5.75 Å². The first-order valence-electron chi connectivity index (χ1n) is 10.8. The molecule has 1 saturated heterocycles.